The first-order chi connectivity index (χ1) is 17.4. The Morgan fingerprint density at radius 3 is 2.03 bits per heavy atom. The molecule has 0 bridgehead atoms. The van der Waals surface area contributed by atoms with E-state index in [0.717, 1.165) is 0 Å². The second kappa shape index (κ2) is 13.6. The van der Waals surface area contributed by atoms with Gasteiger partial charge in [-0.15, -0.1) is 0 Å². The minimum atomic E-state index is -1.08. The highest BCUT2D eigenvalue weighted by Gasteiger charge is 2.36. The Hall–Kier alpha value is -3.63. The minimum absolute atomic E-state index is 0.0515. The highest BCUT2D eigenvalue weighted by Crippen LogP contribution is 2.18. The van der Waals surface area contributed by atoms with Crippen molar-refractivity contribution in [2.75, 3.05) is 19.0 Å². The molecule has 0 radical (unpaired) electrons. The molecule has 1 aromatic carbocycles. The molecule has 11 heteroatoms. The lowest BCUT2D eigenvalue weighted by atomic mass is 10.00. The van der Waals surface area contributed by atoms with Crippen LogP contribution in [0.15, 0.2) is 24.3 Å². The highest BCUT2D eigenvalue weighted by molar-refractivity contribution is 5.99. The van der Waals surface area contributed by atoms with Crippen LogP contribution in [0.2, 0.25) is 0 Å². The van der Waals surface area contributed by atoms with Crippen molar-refractivity contribution in [1.82, 2.24) is 15.5 Å². The van der Waals surface area contributed by atoms with Crippen molar-refractivity contribution in [2.24, 2.45) is 11.8 Å². The van der Waals surface area contributed by atoms with E-state index < -0.39 is 47.9 Å². The zero-order chi connectivity index (χ0) is 27.7. The van der Waals surface area contributed by atoms with Crippen molar-refractivity contribution in [3.63, 3.8) is 0 Å². The van der Waals surface area contributed by atoms with Crippen LogP contribution in [0.1, 0.15) is 63.7 Å². The van der Waals surface area contributed by atoms with Gasteiger partial charge in [-0.05, 0) is 61.8 Å². The van der Waals surface area contributed by atoms with Gasteiger partial charge in [0.25, 0.3) is 0 Å². The lowest BCUT2D eigenvalue weighted by Crippen LogP contribution is -2.56. The fraction of sp³-hybridized carbons (Fsp3) is 0.577. The molecule has 1 saturated heterocycles. The molecule has 4 N–H and O–H groups in total. The topological polar surface area (TPSA) is 154 Å². The Morgan fingerprint density at radius 2 is 1.51 bits per heavy atom. The van der Waals surface area contributed by atoms with Crippen molar-refractivity contribution < 1.29 is 33.8 Å². The summed E-state index contributed by atoms with van der Waals surface area (Å²) in [6.45, 7) is 7.94. The predicted octanol–water partition coefficient (Wildman–Crippen LogP) is 2.62. The molecule has 1 aromatic rings. The third-order valence-corrected chi connectivity index (χ3v) is 6.03. The third-order valence-electron chi connectivity index (χ3n) is 6.03. The SMILES string of the molecule is COC(=O)c1ccc(NC(=O)C(CC(C)C)NC(=O)C(CC(C)C)NC(=O)N2CCCC2C(=O)O)cc1. The van der Waals surface area contributed by atoms with Crippen LogP contribution in [0.5, 0.6) is 0 Å². The number of likely N-dealkylation sites (tertiary alicyclic amines) is 1. The van der Waals surface area contributed by atoms with E-state index in [-0.39, 0.29) is 11.8 Å². The largest absolute Gasteiger partial charge is 0.480 e. The van der Waals surface area contributed by atoms with Gasteiger partial charge in [-0.3, -0.25) is 9.59 Å². The first-order valence-electron chi connectivity index (χ1n) is 12.5. The van der Waals surface area contributed by atoms with Gasteiger partial charge in [0.15, 0.2) is 0 Å². The van der Waals surface area contributed by atoms with Gasteiger partial charge in [-0.25, -0.2) is 14.4 Å². The van der Waals surface area contributed by atoms with Gasteiger partial charge in [0.05, 0.1) is 12.7 Å². The summed E-state index contributed by atoms with van der Waals surface area (Å²) < 4.78 is 4.67. The van der Waals surface area contributed by atoms with Crippen LogP contribution in [-0.2, 0) is 19.1 Å². The van der Waals surface area contributed by atoms with Gasteiger partial charge in [0.1, 0.15) is 18.1 Å². The van der Waals surface area contributed by atoms with Crippen LogP contribution in [0, 0.1) is 11.8 Å². The van der Waals surface area contributed by atoms with Gasteiger partial charge in [-0.1, -0.05) is 27.7 Å². The number of amides is 4. The summed E-state index contributed by atoms with van der Waals surface area (Å²) in [7, 11) is 1.28. The molecule has 37 heavy (non-hydrogen) atoms. The van der Waals surface area contributed by atoms with E-state index in [4.69, 9.17) is 0 Å². The summed E-state index contributed by atoms with van der Waals surface area (Å²) in [6.07, 6.45) is 1.60. The fourth-order valence-corrected chi connectivity index (χ4v) is 4.21. The number of methoxy groups -OCH3 is 1. The monoisotopic (exact) mass is 518 g/mol. The number of carboxylic acids is 1. The molecule has 0 aromatic heterocycles. The summed E-state index contributed by atoms with van der Waals surface area (Å²) in [5, 5.41) is 17.6. The standard InChI is InChI=1S/C26H38N4O7/c1-15(2)13-19(22(31)27-18-10-8-17(9-11-18)25(35)37-5)28-23(32)20(14-16(3)4)29-26(36)30-12-6-7-21(30)24(33)34/h8-11,15-16,19-21H,6-7,12-14H2,1-5H3,(H,27,31)(H,28,32)(H,29,36)(H,33,34). The smallest absolute Gasteiger partial charge is 0.337 e. The molecule has 0 spiro atoms. The lowest BCUT2D eigenvalue weighted by Gasteiger charge is -2.28. The van der Waals surface area contributed by atoms with Gasteiger partial charge < -0.3 is 30.7 Å². The Morgan fingerprint density at radius 1 is 0.946 bits per heavy atom. The van der Waals surface area contributed by atoms with E-state index in [9.17, 15) is 29.1 Å². The molecule has 2 rings (SSSR count). The molecular weight excluding hydrogens is 480 g/mol. The minimum Gasteiger partial charge on any atom is -0.480 e. The molecule has 0 saturated carbocycles. The maximum atomic E-state index is 13.3. The number of esters is 1. The van der Waals surface area contributed by atoms with E-state index in [1.54, 1.807) is 12.1 Å². The van der Waals surface area contributed by atoms with Crippen LogP contribution in [0.25, 0.3) is 0 Å². The van der Waals surface area contributed by atoms with Crippen molar-refractivity contribution in [2.45, 2.75) is 71.5 Å². The van der Waals surface area contributed by atoms with Crippen molar-refractivity contribution in [3.05, 3.63) is 29.8 Å². The second-order valence-electron chi connectivity index (χ2n) is 10.1. The molecule has 11 nitrogen and oxygen atoms in total. The number of urea groups is 1. The summed E-state index contributed by atoms with van der Waals surface area (Å²) in [4.78, 5) is 63.5. The maximum absolute atomic E-state index is 13.3. The Bertz CT molecular complexity index is 978. The second-order valence-corrected chi connectivity index (χ2v) is 10.1. The number of aliphatic carboxylic acids is 1. The summed E-state index contributed by atoms with van der Waals surface area (Å²) >= 11 is 0. The first kappa shape index (κ1) is 29.6. The van der Waals surface area contributed by atoms with Gasteiger partial charge in [0.2, 0.25) is 11.8 Å². The summed E-state index contributed by atoms with van der Waals surface area (Å²) in [5.41, 5.74) is 0.782. The molecule has 4 amide bonds. The third kappa shape index (κ3) is 8.76. The molecule has 1 aliphatic rings. The Labute approximate surface area is 217 Å². The zero-order valence-electron chi connectivity index (χ0n) is 22.1. The number of nitrogens with zero attached hydrogens (tertiary/aromatic N) is 1. The van der Waals surface area contributed by atoms with Crippen LogP contribution in [0.3, 0.4) is 0 Å². The number of hydrogen-bond donors (Lipinski definition) is 4. The maximum Gasteiger partial charge on any atom is 0.337 e. The average Bonchev–Trinajstić information content (AvgIpc) is 3.33. The van der Waals surface area contributed by atoms with Crippen LogP contribution in [0.4, 0.5) is 10.5 Å². The van der Waals surface area contributed by atoms with E-state index in [0.29, 0.717) is 43.5 Å². The lowest BCUT2D eigenvalue weighted by molar-refractivity contribution is -0.141. The fourth-order valence-electron chi connectivity index (χ4n) is 4.21. The number of rotatable bonds is 11. The number of ether oxygens (including phenoxy) is 1. The van der Waals surface area contributed by atoms with E-state index >= 15 is 0 Å². The molecule has 204 valence electrons. The molecule has 1 fully saturated rings. The van der Waals surface area contributed by atoms with Crippen LogP contribution >= 0.6 is 0 Å². The van der Waals surface area contributed by atoms with E-state index in [1.807, 2.05) is 27.7 Å². The van der Waals surface area contributed by atoms with Crippen LogP contribution < -0.4 is 16.0 Å². The average molecular weight is 519 g/mol. The quantitative estimate of drug-likeness (QED) is 0.328. The van der Waals surface area contributed by atoms with E-state index in [1.165, 1.54) is 24.1 Å². The summed E-state index contributed by atoms with van der Waals surface area (Å²) in [5.74, 6) is -2.40. The van der Waals surface area contributed by atoms with Crippen LogP contribution in [-0.4, -0.2) is 71.6 Å². The Kier molecular flexibility index (Phi) is 10.9. The predicted molar refractivity (Wildman–Crippen MR) is 137 cm³/mol. The number of nitrogens with one attached hydrogen (secondary N) is 3. The number of hydrogen-bond acceptors (Lipinski definition) is 6. The molecular formula is C26H38N4O7. The van der Waals surface area contributed by atoms with Gasteiger partial charge >= 0.3 is 18.0 Å². The molecule has 3 atom stereocenters. The number of carbonyl (C=O) groups is 5. The normalized spacial score (nSPS) is 16.7. The van der Waals surface area contributed by atoms with Crippen molar-refractivity contribution >= 4 is 35.5 Å². The number of carboxylic acid groups (broad SMARTS) is 1. The summed E-state index contributed by atoms with van der Waals surface area (Å²) in [6, 6.07) is 2.82. The van der Waals surface area contributed by atoms with Gasteiger partial charge in [0, 0.05) is 12.2 Å². The molecule has 3 unspecified atom stereocenters. The first-order valence-corrected chi connectivity index (χ1v) is 12.5. The number of benzene rings is 1. The highest BCUT2D eigenvalue weighted by atomic mass is 16.5. The zero-order valence-corrected chi connectivity index (χ0v) is 22.1. The molecule has 0 aliphatic carbocycles. The van der Waals surface area contributed by atoms with E-state index in [2.05, 4.69) is 20.7 Å². The van der Waals surface area contributed by atoms with Gasteiger partial charge in [-0.2, -0.15) is 0 Å². The molecule has 1 heterocycles. The Balaban J connectivity index is 2.13. The number of anilines is 1. The van der Waals surface area contributed by atoms with Crippen molar-refractivity contribution in [1.29, 1.82) is 0 Å². The van der Waals surface area contributed by atoms with Crippen molar-refractivity contribution in [3.8, 4) is 0 Å². The molecule has 1 aliphatic heterocycles. The number of carbonyl (C=O) groups excluding carboxylic acids is 4.